The van der Waals surface area contributed by atoms with Crippen LogP contribution in [-0.4, -0.2) is 54.3 Å². The lowest BCUT2D eigenvalue weighted by atomic mass is 9.76. The number of methoxy groups -OCH3 is 1. The third kappa shape index (κ3) is 3.01. The zero-order valence-corrected chi connectivity index (χ0v) is 18.6. The highest BCUT2D eigenvalue weighted by Gasteiger charge is 2.73. The fraction of sp³-hybridized carbons (Fsp3) is 0.333. The fourth-order valence-corrected chi connectivity index (χ4v) is 5.90. The average Bonchev–Trinajstić information content (AvgIpc) is 3.26. The summed E-state index contributed by atoms with van der Waals surface area (Å²) in [6, 6.07) is 15.3. The monoisotopic (exact) mass is 467 g/mol. The summed E-state index contributed by atoms with van der Waals surface area (Å²) in [4.78, 5) is 56.7. The summed E-state index contributed by atoms with van der Waals surface area (Å²) >= 11 is 6.34. The molecule has 0 aromatic heterocycles. The molecule has 5 rings (SSSR count). The Bertz CT molecular complexity index is 1160. The Balaban J connectivity index is 1.72. The number of benzene rings is 2. The molecule has 33 heavy (non-hydrogen) atoms. The summed E-state index contributed by atoms with van der Waals surface area (Å²) in [6.45, 7) is 0.739. The molecule has 0 bridgehead atoms. The molecule has 3 saturated heterocycles. The van der Waals surface area contributed by atoms with E-state index < -0.39 is 47.1 Å². The minimum atomic E-state index is -1.54. The van der Waals surface area contributed by atoms with E-state index in [2.05, 4.69) is 5.32 Å². The van der Waals surface area contributed by atoms with Gasteiger partial charge in [-0.25, -0.2) is 4.90 Å². The molecule has 2 aromatic carbocycles. The molecule has 3 fully saturated rings. The number of imide groups is 1. The number of ether oxygens (including phenoxy) is 1. The highest BCUT2D eigenvalue weighted by Crippen LogP contribution is 2.57. The molecule has 3 amide bonds. The van der Waals surface area contributed by atoms with Crippen LogP contribution in [0, 0.1) is 11.8 Å². The first kappa shape index (κ1) is 21.6. The van der Waals surface area contributed by atoms with E-state index in [0.717, 1.165) is 10.5 Å². The van der Waals surface area contributed by atoms with E-state index in [-0.39, 0.29) is 17.1 Å². The van der Waals surface area contributed by atoms with Crippen LogP contribution in [0.15, 0.2) is 54.6 Å². The Labute approximate surface area is 195 Å². The van der Waals surface area contributed by atoms with Crippen LogP contribution < -0.4 is 10.2 Å². The summed E-state index contributed by atoms with van der Waals surface area (Å²) in [5, 5.41) is 3.07. The fourth-order valence-electron chi connectivity index (χ4n) is 5.68. The van der Waals surface area contributed by atoms with Gasteiger partial charge in [-0.15, -0.1) is 0 Å². The second-order valence-electron chi connectivity index (χ2n) is 8.45. The lowest BCUT2D eigenvalue weighted by Gasteiger charge is -2.45. The Morgan fingerprint density at radius 2 is 1.79 bits per heavy atom. The number of piperazine rings is 1. The minimum Gasteiger partial charge on any atom is -0.469 e. The van der Waals surface area contributed by atoms with Crippen molar-refractivity contribution in [1.29, 1.82) is 0 Å². The number of esters is 1. The number of halogens is 1. The first-order chi connectivity index (χ1) is 15.9. The van der Waals surface area contributed by atoms with Crippen molar-refractivity contribution in [2.75, 3.05) is 25.1 Å². The second kappa shape index (κ2) is 7.97. The number of nitrogens with one attached hydrogen (secondary N) is 1. The van der Waals surface area contributed by atoms with Crippen molar-refractivity contribution in [2.24, 2.45) is 11.8 Å². The Morgan fingerprint density at radius 1 is 1.09 bits per heavy atom. The molecule has 3 aliphatic heterocycles. The van der Waals surface area contributed by atoms with Crippen LogP contribution in [0.2, 0.25) is 5.02 Å². The normalized spacial score (nSPS) is 29.0. The van der Waals surface area contributed by atoms with Gasteiger partial charge in [-0.1, -0.05) is 54.1 Å². The van der Waals surface area contributed by atoms with E-state index in [9.17, 15) is 19.2 Å². The second-order valence-corrected chi connectivity index (χ2v) is 8.86. The maximum Gasteiger partial charge on any atom is 0.307 e. The molecule has 170 valence electrons. The number of carbonyl (C=O) groups is 4. The Hall–Kier alpha value is -3.23. The van der Waals surface area contributed by atoms with E-state index in [0.29, 0.717) is 13.1 Å². The highest BCUT2D eigenvalue weighted by atomic mass is 35.5. The van der Waals surface area contributed by atoms with Gasteiger partial charge in [0.2, 0.25) is 17.7 Å². The van der Waals surface area contributed by atoms with Gasteiger partial charge in [-0.2, -0.15) is 0 Å². The molecule has 3 heterocycles. The van der Waals surface area contributed by atoms with Crippen molar-refractivity contribution in [3.05, 3.63) is 65.2 Å². The van der Waals surface area contributed by atoms with Gasteiger partial charge in [0.25, 0.3) is 0 Å². The molecule has 1 N–H and O–H groups in total. The van der Waals surface area contributed by atoms with Gasteiger partial charge >= 0.3 is 5.97 Å². The van der Waals surface area contributed by atoms with Gasteiger partial charge < -0.3 is 10.1 Å². The van der Waals surface area contributed by atoms with Gasteiger partial charge in [0.05, 0.1) is 36.1 Å². The van der Waals surface area contributed by atoms with Crippen molar-refractivity contribution in [2.45, 2.75) is 18.0 Å². The van der Waals surface area contributed by atoms with Crippen molar-refractivity contribution < 1.29 is 23.9 Å². The topological polar surface area (TPSA) is 96.0 Å². The average molecular weight is 468 g/mol. The van der Waals surface area contributed by atoms with Gasteiger partial charge in [0.15, 0.2) is 0 Å². The number of fused-ring (bicyclic) bond motifs is 3. The SMILES string of the molecule is COC(=O)CC12C(=O)NCCN1C(c1ccccc1)C1C(=O)N(c3ccccc3Cl)C(=O)C12. The number of carbonyl (C=O) groups excluding carboxylic acids is 4. The maximum atomic E-state index is 13.9. The van der Waals surface area contributed by atoms with Crippen LogP contribution in [0.25, 0.3) is 0 Å². The summed E-state index contributed by atoms with van der Waals surface area (Å²) < 4.78 is 4.91. The van der Waals surface area contributed by atoms with Gasteiger partial charge in [-0.05, 0) is 17.7 Å². The van der Waals surface area contributed by atoms with E-state index in [4.69, 9.17) is 16.3 Å². The standard InChI is InChI=1S/C24H22ClN3O5/c1-33-17(29)13-24-19-18(21(30)28(22(19)31)16-10-6-5-9-15(16)25)20(14-7-3-2-4-8-14)27(24)12-11-26-23(24)32/h2-10,18-20H,11-13H2,1H3,(H,26,32). The third-order valence-electron chi connectivity index (χ3n) is 6.96. The summed E-state index contributed by atoms with van der Waals surface area (Å²) in [6.07, 6.45) is -0.338. The lowest BCUT2D eigenvalue weighted by Crippen LogP contribution is -2.67. The number of para-hydroxylation sites is 1. The molecule has 0 spiro atoms. The van der Waals surface area contributed by atoms with Crippen LogP contribution in [-0.2, 0) is 23.9 Å². The van der Waals surface area contributed by atoms with Crippen molar-refractivity contribution in [3.63, 3.8) is 0 Å². The molecule has 0 aliphatic carbocycles. The van der Waals surface area contributed by atoms with Crippen LogP contribution >= 0.6 is 11.6 Å². The van der Waals surface area contributed by atoms with E-state index >= 15 is 0 Å². The number of hydrogen-bond acceptors (Lipinski definition) is 6. The minimum absolute atomic E-state index is 0.252. The number of anilines is 1. The van der Waals surface area contributed by atoms with Crippen LogP contribution in [0.4, 0.5) is 5.69 Å². The molecule has 0 saturated carbocycles. The molecule has 4 atom stereocenters. The van der Waals surface area contributed by atoms with E-state index in [1.807, 2.05) is 35.2 Å². The third-order valence-corrected chi connectivity index (χ3v) is 7.28. The summed E-state index contributed by atoms with van der Waals surface area (Å²) in [7, 11) is 1.24. The predicted molar refractivity (Wildman–Crippen MR) is 119 cm³/mol. The Morgan fingerprint density at radius 3 is 2.48 bits per heavy atom. The Kier molecular flexibility index (Phi) is 5.22. The quantitative estimate of drug-likeness (QED) is 0.545. The van der Waals surface area contributed by atoms with Crippen molar-refractivity contribution in [1.82, 2.24) is 10.2 Å². The highest BCUT2D eigenvalue weighted by molar-refractivity contribution is 6.36. The molecule has 4 unspecified atom stereocenters. The number of amides is 3. The van der Waals surface area contributed by atoms with Gasteiger partial charge in [-0.3, -0.25) is 24.1 Å². The molecule has 3 aliphatic rings. The van der Waals surface area contributed by atoms with Crippen LogP contribution in [0.3, 0.4) is 0 Å². The first-order valence-electron chi connectivity index (χ1n) is 10.7. The molecule has 2 aromatic rings. The molecule has 8 nitrogen and oxygen atoms in total. The zero-order valence-electron chi connectivity index (χ0n) is 17.9. The number of hydrogen-bond donors (Lipinski definition) is 1. The largest absolute Gasteiger partial charge is 0.469 e. The first-order valence-corrected chi connectivity index (χ1v) is 11.1. The maximum absolute atomic E-state index is 13.9. The lowest BCUT2D eigenvalue weighted by molar-refractivity contribution is -0.154. The van der Waals surface area contributed by atoms with Gasteiger partial charge in [0, 0.05) is 19.1 Å². The molecular formula is C24H22ClN3O5. The van der Waals surface area contributed by atoms with Crippen molar-refractivity contribution in [3.8, 4) is 0 Å². The predicted octanol–water partition coefficient (Wildman–Crippen LogP) is 1.93. The van der Waals surface area contributed by atoms with E-state index in [1.165, 1.54) is 7.11 Å². The summed E-state index contributed by atoms with van der Waals surface area (Å²) in [5.74, 6) is -3.97. The van der Waals surface area contributed by atoms with Crippen LogP contribution in [0.5, 0.6) is 0 Å². The number of nitrogens with zero attached hydrogens (tertiary/aromatic N) is 2. The molecule has 9 heteroatoms. The molecular weight excluding hydrogens is 446 g/mol. The zero-order chi connectivity index (χ0) is 23.3. The number of rotatable bonds is 4. The van der Waals surface area contributed by atoms with Gasteiger partial charge in [0.1, 0.15) is 5.54 Å². The smallest absolute Gasteiger partial charge is 0.307 e. The van der Waals surface area contributed by atoms with E-state index in [1.54, 1.807) is 24.3 Å². The van der Waals surface area contributed by atoms with Crippen molar-refractivity contribution >= 4 is 41.0 Å². The summed E-state index contributed by atoms with van der Waals surface area (Å²) in [5.41, 5.74) is -0.471. The van der Waals surface area contributed by atoms with Crippen LogP contribution in [0.1, 0.15) is 18.0 Å². The molecule has 0 radical (unpaired) electrons.